The van der Waals surface area contributed by atoms with Crippen molar-refractivity contribution in [3.63, 3.8) is 0 Å². The third-order valence-corrected chi connectivity index (χ3v) is 1.88. The number of hydrogen-bond donors (Lipinski definition) is 3. The van der Waals surface area contributed by atoms with Crippen LogP contribution < -0.4 is 16.5 Å². The molecule has 0 radical (unpaired) electrons. The van der Waals surface area contributed by atoms with Crippen LogP contribution in [-0.2, 0) is 4.84 Å². The van der Waals surface area contributed by atoms with Crippen LogP contribution in [0.4, 0.5) is 0 Å². The lowest BCUT2D eigenvalue weighted by Crippen LogP contribution is -2.35. The second-order valence-electron chi connectivity index (χ2n) is 2.63. The summed E-state index contributed by atoms with van der Waals surface area (Å²) in [4.78, 5) is 4.72. The highest BCUT2D eigenvalue weighted by Gasteiger charge is 2.22. The van der Waals surface area contributed by atoms with Gasteiger partial charge in [-0.1, -0.05) is 0 Å². The maximum Gasteiger partial charge on any atom is 0.0572 e. The Labute approximate surface area is 97.5 Å². The molecule has 1 saturated heterocycles. The molecule has 4 N–H and O–H groups in total. The summed E-state index contributed by atoms with van der Waals surface area (Å²) >= 11 is 0. The van der Waals surface area contributed by atoms with E-state index in [1.54, 1.807) is 7.11 Å². The van der Waals surface area contributed by atoms with Crippen molar-refractivity contribution in [2.24, 2.45) is 11.7 Å². The van der Waals surface area contributed by atoms with Gasteiger partial charge in [0.25, 0.3) is 0 Å². The molecule has 0 aromatic carbocycles. The molecule has 7 heteroatoms. The Morgan fingerprint density at radius 1 is 1.38 bits per heavy atom. The topological polar surface area (TPSA) is 59.3 Å². The molecule has 1 rings (SSSR count). The first-order valence-electron chi connectivity index (χ1n) is 3.56. The standard InChI is InChI=1S/C6H15N3O.3ClH/c1-10-9-3-5-2-8-4-6(5)7;;;/h5-6,8-9H,2-4,7H2,1H3;3*1H. The molecule has 13 heavy (non-hydrogen) atoms. The normalized spacial score (nSPS) is 25.4. The second kappa shape index (κ2) is 10.8. The largest absolute Gasteiger partial charge is 0.326 e. The Morgan fingerprint density at radius 2 is 2.00 bits per heavy atom. The van der Waals surface area contributed by atoms with Crippen LogP contribution in [0.25, 0.3) is 0 Å². The van der Waals surface area contributed by atoms with Crippen LogP contribution in [0, 0.1) is 5.92 Å². The van der Waals surface area contributed by atoms with Crippen molar-refractivity contribution in [2.75, 3.05) is 26.7 Å². The number of rotatable bonds is 3. The predicted octanol–water partition coefficient (Wildman–Crippen LogP) is -0.0505. The monoisotopic (exact) mass is 253 g/mol. The Bertz CT molecular complexity index is 109. The summed E-state index contributed by atoms with van der Waals surface area (Å²) in [5, 5.41) is 3.21. The van der Waals surface area contributed by atoms with Gasteiger partial charge in [-0.3, -0.25) is 0 Å². The summed E-state index contributed by atoms with van der Waals surface area (Å²) in [6.45, 7) is 2.76. The molecule has 0 amide bonds. The third-order valence-electron chi connectivity index (χ3n) is 1.88. The molecule has 2 atom stereocenters. The molecule has 1 aliphatic heterocycles. The van der Waals surface area contributed by atoms with E-state index < -0.39 is 0 Å². The first-order valence-corrected chi connectivity index (χ1v) is 3.56. The summed E-state index contributed by atoms with van der Waals surface area (Å²) < 4.78 is 0. The van der Waals surface area contributed by atoms with E-state index in [4.69, 9.17) is 10.6 Å². The number of nitrogens with one attached hydrogen (secondary N) is 2. The number of halogens is 3. The molecule has 0 saturated carbocycles. The lowest BCUT2D eigenvalue weighted by molar-refractivity contribution is 0.0802. The Hall–Kier alpha value is 0.710. The Kier molecular flexibility index (Phi) is 16.0. The van der Waals surface area contributed by atoms with Crippen LogP contribution in [-0.4, -0.2) is 32.8 Å². The molecule has 1 aliphatic rings. The van der Waals surface area contributed by atoms with E-state index >= 15 is 0 Å². The van der Waals surface area contributed by atoms with Crippen LogP contribution in [0.1, 0.15) is 0 Å². The minimum absolute atomic E-state index is 0. The fourth-order valence-corrected chi connectivity index (χ4v) is 1.17. The van der Waals surface area contributed by atoms with E-state index in [0.29, 0.717) is 5.92 Å². The van der Waals surface area contributed by atoms with Gasteiger partial charge in [0.2, 0.25) is 0 Å². The maximum absolute atomic E-state index is 5.76. The average Bonchev–Trinajstić information content (AvgIpc) is 2.31. The zero-order chi connectivity index (χ0) is 7.40. The summed E-state index contributed by atoms with van der Waals surface area (Å²) in [6.07, 6.45) is 0. The SMILES string of the molecule is CONCC1CNCC1N.Cl.Cl.Cl. The van der Waals surface area contributed by atoms with Crippen molar-refractivity contribution in [1.29, 1.82) is 0 Å². The van der Waals surface area contributed by atoms with Crippen LogP contribution >= 0.6 is 37.2 Å². The Morgan fingerprint density at radius 3 is 2.38 bits per heavy atom. The van der Waals surface area contributed by atoms with Gasteiger partial charge < -0.3 is 15.9 Å². The van der Waals surface area contributed by atoms with E-state index in [0.717, 1.165) is 19.6 Å². The van der Waals surface area contributed by atoms with E-state index in [1.165, 1.54) is 0 Å². The van der Waals surface area contributed by atoms with Crippen molar-refractivity contribution in [3.8, 4) is 0 Å². The molecule has 4 nitrogen and oxygen atoms in total. The Balaban J connectivity index is -0.000000333. The lowest BCUT2D eigenvalue weighted by atomic mass is 10.1. The van der Waals surface area contributed by atoms with Crippen molar-refractivity contribution >= 4 is 37.2 Å². The zero-order valence-corrected chi connectivity index (χ0v) is 9.94. The summed E-state index contributed by atoms with van der Waals surface area (Å²) in [7, 11) is 1.62. The van der Waals surface area contributed by atoms with Gasteiger partial charge in [0.05, 0.1) is 7.11 Å². The van der Waals surface area contributed by atoms with Crippen LogP contribution in [0.5, 0.6) is 0 Å². The van der Waals surface area contributed by atoms with Crippen molar-refractivity contribution < 1.29 is 4.84 Å². The molecular weight excluding hydrogens is 236 g/mol. The first kappa shape index (κ1) is 19.3. The molecule has 0 aromatic rings. The maximum atomic E-state index is 5.76. The van der Waals surface area contributed by atoms with Gasteiger partial charge in [0.15, 0.2) is 0 Å². The minimum Gasteiger partial charge on any atom is -0.326 e. The van der Waals surface area contributed by atoms with Gasteiger partial charge in [-0.25, -0.2) is 5.48 Å². The highest BCUT2D eigenvalue weighted by Crippen LogP contribution is 2.04. The first-order chi connectivity index (χ1) is 4.84. The second-order valence-corrected chi connectivity index (χ2v) is 2.63. The number of hydroxylamine groups is 1. The zero-order valence-electron chi connectivity index (χ0n) is 7.49. The van der Waals surface area contributed by atoms with Crippen LogP contribution in [0.15, 0.2) is 0 Å². The van der Waals surface area contributed by atoms with E-state index in [-0.39, 0.29) is 43.3 Å². The van der Waals surface area contributed by atoms with Gasteiger partial charge in [0.1, 0.15) is 0 Å². The number of nitrogens with two attached hydrogens (primary N) is 1. The summed E-state index contributed by atoms with van der Waals surface area (Å²) in [5.74, 6) is 0.514. The summed E-state index contributed by atoms with van der Waals surface area (Å²) in [6, 6.07) is 0.280. The van der Waals surface area contributed by atoms with Gasteiger partial charge in [-0.05, 0) is 0 Å². The molecule has 0 aliphatic carbocycles. The third kappa shape index (κ3) is 6.74. The van der Waals surface area contributed by atoms with Crippen molar-refractivity contribution in [3.05, 3.63) is 0 Å². The average molecular weight is 255 g/mol. The van der Waals surface area contributed by atoms with Gasteiger partial charge in [-0.2, -0.15) is 0 Å². The van der Waals surface area contributed by atoms with Crippen LogP contribution in [0.2, 0.25) is 0 Å². The predicted molar refractivity (Wildman–Crippen MR) is 61.1 cm³/mol. The fraction of sp³-hybridized carbons (Fsp3) is 1.00. The molecular formula is C6H18Cl3N3O. The van der Waals surface area contributed by atoms with Crippen LogP contribution in [0.3, 0.4) is 0 Å². The highest BCUT2D eigenvalue weighted by atomic mass is 35.5. The van der Waals surface area contributed by atoms with Crippen molar-refractivity contribution in [1.82, 2.24) is 10.8 Å². The molecule has 0 spiro atoms. The fourth-order valence-electron chi connectivity index (χ4n) is 1.17. The quantitative estimate of drug-likeness (QED) is 0.618. The molecule has 1 fully saturated rings. The van der Waals surface area contributed by atoms with E-state index in [1.807, 2.05) is 0 Å². The molecule has 1 heterocycles. The number of hydrogen-bond acceptors (Lipinski definition) is 4. The van der Waals surface area contributed by atoms with Gasteiger partial charge in [0, 0.05) is 31.6 Å². The molecule has 0 bridgehead atoms. The van der Waals surface area contributed by atoms with Gasteiger partial charge >= 0.3 is 0 Å². The smallest absolute Gasteiger partial charge is 0.0572 e. The highest BCUT2D eigenvalue weighted by molar-refractivity contribution is 5.86. The lowest BCUT2D eigenvalue weighted by Gasteiger charge is -2.12. The molecule has 0 aromatic heterocycles. The minimum atomic E-state index is 0. The molecule has 84 valence electrons. The van der Waals surface area contributed by atoms with Gasteiger partial charge in [-0.15, -0.1) is 37.2 Å². The van der Waals surface area contributed by atoms with E-state index in [9.17, 15) is 0 Å². The summed E-state index contributed by atoms with van der Waals surface area (Å²) in [5.41, 5.74) is 8.56. The molecule has 2 unspecified atom stereocenters. The van der Waals surface area contributed by atoms with E-state index in [2.05, 4.69) is 10.8 Å². The van der Waals surface area contributed by atoms with Crippen molar-refractivity contribution in [2.45, 2.75) is 6.04 Å².